The summed E-state index contributed by atoms with van der Waals surface area (Å²) in [4.78, 5) is 23.1. The number of carbonyl (C=O) groups excluding carboxylic acids is 1. The first-order valence-corrected chi connectivity index (χ1v) is 6.50. The highest BCUT2D eigenvalue weighted by molar-refractivity contribution is 5.92. The number of carbonyl (C=O) groups is 2. The third-order valence-corrected chi connectivity index (χ3v) is 3.87. The Hall–Kier alpha value is -1.85. The van der Waals surface area contributed by atoms with Gasteiger partial charge in [0.1, 0.15) is 5.69 Å². The average Bonchev–Trinajstić information content (AvgIpc) is 2.61. The van der Waals surface area contributed by atoms with Crippen molar-refractivity contribution in [2.24, 2.45) is 18.9 Å². The second kappa shape index (κ2) is 5.42. The number of hydrogen-bond acceptors (Lipinski definition) is 3. The minimum absolute atomic E-state index is 0.175. The van der Waals surface area contributed by atoms with Gasteiger partial charge >= 0.3 is 5.97 Å². The Morgan fingerprint density at radius 2 is 2.26 bits per heavy atom. The number of aromatic nitrogens is 2. The van der Waals surface area contributed by atoms with E-state index >= 15 is 0 Å². The molecule has 1 aliphatic carbocycles. The van der Waals surface area contributed by atoms with Crippen LogP contribution in [0.3, 0.4) is 0 Å². The first-order valence-electron chi connectivity index (χ1n) is 6.50. The van der Waals surface area contributed by atoms with Crippen LogP contribution in [0, 0.1) is 18.8 Å². The van der Waals surface area contributed by atoms with E-state index in [1.807, 2.05) is 6.92 Å². The second-order valence-electron chi connectivity index (χ2n) is 5.14. The van der Waals surface area contributed by atoms with Gasteiger partial charge in [-0.3, -0.25) is 14.3 Å². The molecule has 0 saturated heterocycles. The molecule has 1 fully saturated rings. The quantitative estimate of drug-likeness (QED) is 0.830. The number of nitrogens with one attached hydrogen (secondary N) is 1. The zero-order chi connectivity index (χ0) is 14.0. The van der Waals surface area contributed by atoms with Gasteiger partial charge in [0.15, 0.2) is 0 Å². The van der Waals surface area contributed by atoms with Gasteiger partial charge in [-0.25, -0.2) is 0 Å². The van der Waals surface area contributed by atoms with Gasteiger partial charge in [0.25, 0.3) is 5.91 Å². The molecular weight excluding hydrogens is 246 g/mol. The number of hydrogen-bond donors (Lipinski definition) is 2. The van der Waals surface area contributed by atoms with Gasteiger partial charge < -0.3 is 10.4 Å². The molecule has 2 N–H and O–H groups in total. The highest BCUT2D eigenvalue weighted by Crippen LogP contribution is 2.33. The van der Waals surface area contributed by atoms with Crippen LogP contribution in [0.2, 0.25) is 0 Å². The molecule has 1 aromatic heterocycles. The smallest absolute Gasteiger partial charge is 0.308 e. The summed E-state index contributed by atoms with van der Waals surface area (Å²) in [7, 11) is 1.76. The number of rotatable bonds is 5. The monoisotopic (exact) mass is 265 g/mol. The molecule has 0 aromatic carbocycles. The number of carboxylic acids is 1. The van der Waals surface area contributed by atoms with Crippen molar-refractivity contribution in [3.63, 3.8) is 0 Å². The van der Waals surface area contributed by atoms with Gasteiger partial charge in [0.05, 0.1) is 5.92 Å². The van der Waals surface area contributed by atoms with Crippen LogP contribution in [-0.2, 0) is 11.8 Å². The Labute approximate surface area is 111 Å². The standard InChI is InChI=1S/C13H19N3O3/c1-8-6-11(15-16(8)2)12(17)14-7-10(13(18)19)9-4-3-5-9/h6,9-10H,3-5,7H2,1-2H3,(H,14,17)(H,18,19). The zero-order valence-electron chi connectivity index (χ0n) is 11.2. The number of nitrogens with zero attached hydrogens (tertiary/aromatic N) is 2. The molecule has 6 nitrogen and oxygen atoms in total. The van der Waals surface area contributed by atoms with Gasteiger partial charge in [-0.1, -0.05) is 6.42 Å². The highest BCUT2D eigenvalue weighted by atomic mass is 16.4. The van der Waals surface area contributed by atoms with E-state index in [9.17, 15) is 9.59 Å². The van der Waals surface area contributed by atoms with Crippen molar-refractivity contribution in [1.29, 1.82) is 0 Å². The predicted octanol–water partition coefficient (Wildman–Crippen LogP) is 0.959. The largest absolute Gasteiger partial charge is 0.481 e. The number of aliphatic carboxylic acids is 1. The molecule has 2 rings (SSSR count). The Bertz CT molecular complexity index is 472. The lowest BCUT2D eigenvalue weighted by Gasteiger charge is -2.31. The first kappa shape index (κ1) is 13.6. The van der Waals surface area contributed by atoms with Crippen molar-refractivity contribution in [2.45, 2.75) is 26.2 Å². The Morgan fingerprint density at radius 1 is 1.58 bits per heavy atom. The summed E-state index contributed by atoms with van der Waals surface area (Å²) in [6, 6.07) is 1.69. The molecule has 1 unspecified atom stereocenters. The first-order chi connectivity index (χ1) is 8.99. The van der Waals surface area contributed by atoms with Gasteiger partial charge in [-0.2, -0.15) is 5.10 Å². The van der Waals surface area contributed by atoms with Crippen LogP contribution >= 0.6 is 0 Å². The molecule has 1 atom stereocenters. The third-order valence-electron chi connectivity index (χ3n) is 3.87. The van der Waals surface area contributed by atoms with Crippen molar-refractivity contribution in [3.05, 3.63) is 17.5 Å². The van der Waals surface area contributed by atoms with Gasteiger partial charge in [0.2, 0.25) is 0 Å². The molecule has 0 bridgehead atoms. The van der Waals surface area contributed by atoms with Crippen LogP contribution in [0.5, 0.6) is 0 Å². The van der Waals surface area contributed by atoms with Crippen LogP contribution in [0.25, 0.3) is 0 Å². The van der Waals surface area contributed by atoms with Crippen LogP contribution in [0.1, 0.15) is 35.4 Å². The molecule has 1 amide bonds. The van der Waals surface area contributed by atoms with E-state index in [-0.39, 0.29) is 18.4 Å². The lowest BCUT2D eigenvalue weighted by atomic mass is 9.76. The van der Waals surface area contributed by atoms with Crippen molar-refractivity contribution in [2.75, 3.05) is 6.54 Å². The van der Waals surface area contributed by atoms with Crippen molar-refractivity contribution >= 4 is 11.9 Å². The maximum absolute atomic E-state index is 11.9. The maximum atomic E-state index is 11.9. The summed E-state index contributed by atoms with van der Waals surface area (Å²) in [6.07, 6.45) is 2.97. The molecular formula is C13H19N3O3. The summed E-state index contributed by atoms with van der Waals surface area (Å²) < 4.78 is 1.62. The van der Waals surface area contributed by atoms with Gasteiger partial charge in [0, 0.05) is 19.3 Å². The fourth-order valence-corrected chi connectivity index (χ4v) is 2.26. The van der Waals surface area contributed by atoms with E-state index in [4.69, 9.17) is 5.11 Å². The van der Waals surface area contributed by atoms with E-state index in [2.05, 4.69) is 10.4 Å². The zero-order valence-corrected chi connectivity index (χ0v) is 11.2. The summed E-state index contributed by atoms with van der Waals surface area (Å²) in [5, 5.41) is 15.9. The molecule has 104 valence electrons. The normalized spacial score (nSPS) is 16.7. The molecule has 1 aromatic rings. The molecule has 1 saturated carbocycles. The lowest BCUT2D eigenvalue weighted by Crippen LogP contribution is -2.39. The topological polar surface area (TPSA) is 84.2 Å². The van der Waals surface area contributed by atoms with E-state index in [1.165, 1.54) is 0 Å². The summed E-state index contributed by atoms with van der Waals surface area (Å²) >= 11 is 0. The number of aryl methyl sites for hydroxylation is 2. The third kappa shape index (κ3) is 2.94. The Balaban J connectivity index is 1.93. The highest BCUT2D eigenvalue weighted by Gasteiger charge is 2.32. The summed E-state index contributed by atoms with van der Waals surface area (Å²) in [5.74, 6) is -1.43. The minimum Gasteiger partial charge on any atom is -0.481 e. The van der Waals surface area contributed by atoms with Crippen LogP contribution in [0.15, 0.2) is 6.07 Å². The van der Waals surface area contributed by atoms with E-state index in [0.29, 0.717) is 5.69 Å². The number of amides is 1. The maximum Gasteiger partial charge on any atom is 0.308 e. The van der Waals surface area contributed by atoms with Crippen molar-refractivity contribution < 1.29 is 14.7 Å². The van der Waals surface area contributed by atoms with Gasteiger partial charge in [-0.15, -0.1) is 0 Å². The van der Waals surface area contributed by atoms with E-state index < -0.39 is 11.9 Å². The molecule has 0 aliphatic heterocycles. The second-order valence-corrected chi connectivity index (χ2v) is 5.14. The van der Waals surface area contributed by atoms with Crippen molar-refractivity contribution in [1.82, 2.24) is 15.1 Å². The summed E-state index contributed by atoms with van der Waals surface area (Å²) in [5.41, 5.74) is 1.22. The Kier molecular flexibility index (Phi) is 3.87. The molecule has 6 heteroatoms. The molecule has 19 heavy (non-hydrogen) atoms. The molecule has 0 spiro atoms. The average molecular weight is 265 g/mol. The summed E-state index contributed by atoms with van der Waals surface area (Å²) in [6.45, 7) is 2.03. The molecule has 1 aliphatic rings. The van der Waals surface area contributed by atoms with Crippen LogP contribution in [-0.4, -0.2) is 33.3 Å². The Morgan fingerprint density at radius 3 is 2.68 bits per heavy atom. The van der Waals surface area contributed by atoms with Gasteiger partial charge in [-0.05, 0) is 31.7 Å². The molecule has 1 heterocycles. The van der Waals surface area contributed by atoms with Crippen LogP contribution in [0.4, 0.5) is 0 Å². The predicted molar refractivity (Wildman–Crippen MR) is 68.7 cm³/mol. The fraction of sp³-hybridized carbons (Fsp3) is 0.615. The van der Waals surface area contributed by atoms with E-state index in [1.54, 1.807) is 17.8 Å². The van der Waals surface area contributed by atoms with Crippen molar-refractivity contribution in [3.8, 4) is 0 Å². The molecule has 0 radical (unpaired) electrons. The van der Waals surface area contributed by atoms with E-state index in [0.717, 1.165) is 25.0 Å². The lowest BCUT2D eigenvalue weighted by molar-refractivity contribution is -0.144. The SMILES string of the molecule is Cc1cc(C(=O)NCC(C(=O)O)C2CCC2)nn1C. The number of carboxylic acid groups (broad SMARTS) is 1. The fourth-order valence-electron chi connectivity index (χ4n) is 2.26. The minimum atomic E-state index is -0.831. The van der Waals surface area contributed by atoms with Crippen LogP contribution < -0.4 is 5.32 Å².